The highest BCUT2D eigenvalue weighted by Crippen LogP contribution is 2.38. The van der Waals surface area contributed by atoms with Crippen molar-refractivity contribution in [2.45, 2.75) is 38.8 Å². The van der Waals surface area contributed by atoms with E-state index >= 15 is 0 Å². The summed E-state index contributed by atoms with van der Waals surface area (Å²) in [6, 6.07) is 6.71. The normalized spacial score (nSPS) is 19.6. The van der Waals surface area contributed by atoms with E-state index in [-0.39, 0.29) is 11.9 Å². The fourth-order valence-electron chi connectivity index (χ4n) is 5.16. The molecule has 1 fully saturated rings. The number of aromatic nitrogens is 4. The van der Waals surface area contributed by atoms with Gasteiger partial charge in [-0.1, -0.05) is 11.3 Å². The van der Waals surface area contributed by atoms with Gasteiger partial charge in [-0.05, 0) is 51.0 Å². The van der Waals surface area contributed by atoms with Crippen molar-refractivity contribution in [1.82, 2.24) is 24.4 Å². The van der Waals surface area contributed by atoms with Gasteiger partial charge >= 0.3 is 0 Å². The van der Waals surface area contributed by atoms with Crippen LogP contribution in [0.2, 0.25) is 0 Å². The number of anilines is 1. The topological polar surface area (TPSA) is 77.2 Å². The van der Waals surface area contributed by atoms with E-state index in [2.05, 4.69) is 55.8 Å². The molecule has 5 heterocycles. The molecular weight excluding hydrogens is 448 g/mol. The van der Waals surface area contributed by atoms with E-state index in [4.69, 9.17) is 9.72 Å². The van der Waals surface area contributed by atoms with E-state index in [1.165, 1.54) is 27.8 Å². The quantitative estimate of drug-likeness (QED) is 0.487. The van der Waals surface area contributed by atoms with Crippen molar-refractivity contribution >= 4 is 33.3 Å². The van der Waals surface area contributed by atoms with Gasteiger partial charge in [0.2, 0.25) is 0 Å². The van der Waals surface area contributed by atoms with Crippen LogP contribution in [0.1, 0.15) is 40.6 Å². The molecule has 0 aliphatic carbocycles. The monoisotopic (exact) mass is 476 g/mol. The highest BCUT2D eigenvalue weighted by atomic mass is 32.1. The van der Waals surface area contributed by atoms with Crippen LogP contribution >= 0.6 is 11.3 Å². The maximum absolute atomic E-state index is 12.5. The number of morpholine rings is 1. The highest BCUT2D eigenvalue weighted by Gasteiger charge is 2.40. The van der Waals surface area contributed by atoms with Gasteiger partial charge in [-0.2, -0.15) is 0 Å². The number of thiazole rings is 1. The van der Waals surface area contributed by atoms with E-state index in [1.54, 1.807) is 0 Å². The molecule has 1 atom stereocenters. The van der Waals surface area contributed by atoms with Crippen molar-refractivity contribution in [3.05, 3.63) is 58.7 Å². The van der Waals surface area contributed by atoms with Gasteiger partial charge in [-0.15, -0.1) is 0 Å². The lowest BCUT2D eigenvalue weighted by Gasteiger charge is -2.35. The van der Waals surface area contributed by atoms with Crippen molar-refractivity contribution in [2.24, 2.45) is 7.05 Å². The molecule has 8 nitrogen and oxygen atoms in total. The number of nitrogens with one attached hydrogen (secondary N) is 1. The van der Waals surface area contributed by atoms with E-state index < -0.39 is 5.54 Å². The van der Waals surface area contributed by atoms with Crippen LogP contribution in [-0.4, -0.2) is 50.8 Å². The third-order valence-electron chi connectivity index (χ3n) is 6.93. The summed E-state index contributed by atoms with van der Waals surface area (Å²) in [5.41, 5.74) is 4.01. The Morgan fingerprint density at radius 3 is 2.94 bits per heavy atom. The Morgan fingerprint density at radius 1 is 1.32 bits per heavy atom. The SMILES string of the molecule is Cc1nccn1-c1ccc2c(c1)c(C[C@H]1COCCN1c1nc3c(s1)C(=O)NC3(C)C)cn2C. The van der Waals surface area contributed by atoms with Crippen molar-refractivity contribution in [1.29, 1.82) is 0 Å². The minimum absolute atomic E-state index is 0.0232. The fourth-order valence-corrected chi connectivity index (χ4v) is 6.38. The predicted molar refractivity (Wildman–Crippen MR) is 133 cm³/mol. The number of amides is 1. The number of fused-ring (bicyclic) bond motifs is 2. The van der Waals surface area contributed by atoms with Gasteiger partial charge in [-0.25, -0.2) is 9.97 Å². The third kappa shape index (κ3) is 3.33. The maximum Gasteiger partial charge on any atom is 0.264 e. The molecule has 176 valence electrons. The number of rotatable bonds is 4. The van der Waals surface area contributed by atoms with Gasteiger partial charge < -0.3 is 24.1 Å². The van der Waals surface area contributed by atoms with Gasteiger partial charge in [-0.3, -0.25) is 4.79 Å². The molecule has 4 aromatic rings. The molecule has 9 heteroatoms. The fraction of sp³-hybridized carbons (Fsp3) is 0.400. The van der Waals surface area contributed by atoms with Crippen LogP contribution in [0, 0.1) is 6.92 Å². The smallest absolute Gasteiger partial charge is 0.264 e. The summed E-state index contributed by atoms with van der Waals surface area (Å²) in [6.07, 6.45) is 6.88. The average Bonchev–Trinajstić information content (AvgIpc) is 3.55. The summed E-state index contributed by atoms with van der Waals surface area (Å²) in [5, 5.41) is 5.17. The van der Waals surface area contributed by atoms with E-state index in [0.717, 1.165) is 40.2 Å². The first-order valence-corrected chi connectivity index (χ1v) is 12.4. The van der Waals surface area contributed by atoms with Crippen LogP contribution in [0.4, 0.5) is 5.13 Å². The molecule has 3 aromatic heterocycles. The molecule has 1 saturated heterocycles. The van der Waals surface area contributed by atoms with Gasteiger partial charge in [0.15, 0.2) is 5.13 Å². The number of carbonyl (C=O) groups excluding carboxylic acids is 1. The number of imidazole rings is 1. The summed E-state index contributed by atoms with van der Waals surface area (Å²) in [5.74, 6) is 0.942. The Kier molecular flexibility index (Phi) is 4.82. The molecule has 1 aromatic carbocycles. The van der Waals surface area contributed by atoms with Gasteiger partial charge in [0.1, 0.15) is 10.7 Å². The molecular formula is C25H28N6O2S. The number of hydrogen-bond acceptors (Lipinski definition) is 6. The minimum atomic E-state index is -0.430. The summed E-state index contributed by atoms with van der Waals surface area (Å²) >= 11 is 1.50. The molecule has 0 unspecified atom stereocenters. The average molecular weight is 477 g/mol. The molecule has 0 radical (unpaired) electrons. The predicted octanol–water partition coefficient (Wildman–Crippen LogP) is 3.56. The molecule has 1 amide bonds. The Balaban J connectivity index is 1.35. The number of nitrogens with zero attached hydrogens (tertiary/aromatic N) is 5. The van der Waals surface area contributed by atoms with Crippen LogP contribution < -0.4 is 10.2 Å². The van der Waals surface area contributed by atoms with Gasteiger partial charge in [0.05, 0.1) is 30.5 Å². The lowest BCUT2D eigenvalue weighted by Crippen LogP contribution is -2.47. The number of ether oxygens (including phenoxy) is 1. The van der Waals surface area contributed by atoms with Crippen LogP contribution in [0.5, 0.6) is 0 Å². The minimum Gasteiger partial charge on any atom is -0.377 e. The highest BCUT2D eigenvalue weighted by molar-refractivity contribution is 7.17. The molecule has 6 rings (SSSR count). The first-order chi connectivity index (χ1) is 16.3. The molecule has 2 aliphatic rings. The van der Waals surface area contributed by atoms with Crippen LogP contribution in [0.3, 0.4) is 0 Å². The summed E-state index contributed by atoms with van der Waals surface area (Å²) in [4.78, 5) is 24.8. The van der Waals surface area contributed by atoms with E-state index in [1.807, 2.05) is 33.2 Å². The Morgan fingerprint density at radius 2 is 2.18 bits per heavy atom. The number of hydrogen-bond donors (Lipinski definition) is 1. The standard InChI is InChI=1S/C25H28N6O2S/c1-15-26-7-8-30(15)17-5-6-20-19(12-17)16(13-29(20)4)11-18-14-33-10-9-31(18)24-27-22-21(34-24)23(32)28-25(22,2)3/h5-8,12-13,18H,9-11,14H2,1-4H3,(H,28,32)/t18-/m0/s1. The lowest BCUT2D eigenvalue weighted by atomic mass is 10.0. The van der Waals surface area contributed by atoms with Gasteiger partial charge in [0, 0.05) is 48.8 Å². The van der Waals surface area contributed by atoms with Crippen molar-refractivity contribution in [3.8, 4) is 5.69 Å². The van der Waals surface area contributed by atoms with Crippen molar-refractivity contribution in [2.75, 3.05) is 24.7 Å². The van der Waals surface area contributed by atoms with Crippen LogP contribution in [0.15, 0.2) is 36.8 Å². The molecule has 34 heavy (non-hydrogen) atoms. The van der Waals surface area contributed by atoms with Crippen molar-refractivity contribution in [3.63, 3.8) is 0 Å². The number of benzene rings is 1. The third-order valence-corrected chi connectivity index (χ3v) is 8.02. The van der Waals surface area contributed by atoms with Crippen molar-refractivity contribution < 1.29 is 9.53 Å². The number of aryl methyl sites for hydroxylation is 2. The second kappa shape index (κ2) is 7.68. The van der Waals surface area contributed by atoms with E-state index in [0.29, 0.717) is 13.2 Å². The van der Waals surface area contributed by atoms with E-state index in [9.17, 15) is 4.79 Å². The first-order valence-electron chi connectivity index (χ1n) is 11.6. The molecule has 1 N–H and O–H groups in total. The van der Waals surface area contributed by atoms with Gasteiger partial charge in [0.25, 0.3) is 5.91 Å². The summed E-state index contributed by atoms with van der Waals surface area (Å²) in [7, 11) is 2.09. The zero-order valence-electron chi connectivity index (χ0n) is 19.8. The molecule has 0 spiro atoms. The first kappa shape index (κ1) is 21.4. The molecule has 2 aliphatic heterocycles. The largest absolute Gasteiger partial charge is 0.377 e. The molecule has 0 saturated carbocycles. The summed E-state index contributed by atoms with van der Waals surface area (Å²) < 4.78 is 10.2. The van der Waals surface area contributed by atoms with Crippen LogP contribution in [0.25, 0.3) is 16.6 Å². The second-order valence-corrected chi connectivity index (χ2v) is 10.7. The zero-order valence-corrected chi connectivity index (χ0v) is 20.6. The summed E-state index contributed by atoms with van der Waals surface area (Å²) in [6.45, 7) is 8.09. The Bertz CT molecular complexity index is 1410. The Hall–Kier alpha value is -3.17. The number of carbonyl (C=O) groups is 1. The maximum atomic E-state index is 12.5. The lowest BCUT2D eigenvalue weighted by molar-refractivity contribution is 0.0939. The van der Waals surface area contributed by atoms with Crippen LogP contribution in [-0.2, 0) is 23.7 Å². The Labute approximate surface area is 202 Å². The second-order valence-electron chi connectivity index (χ2n) is 9.69. The zero-order chi connectivity index (χ0) is 23.6. The molecule has 0 bridgehead atoms.